The minimum absolute atomic E-state index is 0.0703. The second-order valence-electron chi connectivity index (χ2n) is 9.58. The number of nitrogens with zero attached hydrogens (tertiary/aromatic N) is 1. The molecule has 2 aromatic carbocycles. The highest BCUT2D eigenvalue weighted by atomic mass is 32.2. The van der Waals surface area contributed by atoms with E-state index in [-0.39, 0.29) is 24.3 Å². The van der Waals surface area contributed by atoms with Crippen molar-refractivity contribution < 1.29 is 31.7 Å². The lowest BCUT2D eigenvalue weighted by molar-refractivity contribution is 0.0964. The van der Waals surface area contributed by atoms with Gasteiger partial charge in [0.1, 0.15) is 17.2 Å². The molecule has 190 valence electrons. The number of hydrogen-bond acceptors (Lipinski definition) is 6. The fraction of sp³-hybridized carbons (Fsp3) is 0.400. The first kappa shape index (κ1) is 24.8. The lowest BCUT2D eigenvalue weighted by Gasteiger charge is -2.31. The molecule has 5 rings (SSSR count). The molecule has 1 saturated carbocycles. The fourth-order valence-corrected chi connectivity index (χ4v) is 5.89. The number of sulfonamides is 1. The number of benzene rings is 2. The van der Waals surface area contributed by atoms with Crippen molar-refractivity contribution in [2.24, 2.45) is 5.92 Å². The number of rotatable bonds is 7. The third kappa shape index (κ3) is 4.87. The van der Waals surface area contributed by atoms with E-state index in [1.165, 1.54) is 29.7 Å². The van der Waals surface area contributed by atoms with Gasteiger partial charge < -0.3 is 19.4 Å². The SMILES string of the molecule is CNC(=O)c1c(-c2ccc(F)cc2)oc2cc(N(CC3CCOB(O)C3)S(C)(=O)=O)c(C3CC3)cc12. The molecular weight excluding hydrogens is 486 g/mol. The van der Waals surface area contributed by atoms with Crippen LogP contribution in [0.25, 0.3) is 22.3 Å². The maximum atomic E-state index is 13.6. The van der Waals surface area contributed by atoms with Crippen molar-refractivity contribution in [1.29, 1.82) is 0 Å². The molecular formula is C25H28BFN2O6S. The number of halogens is 1. The summed E-state index contributed by atoms with van der Waals surface area (Å²) < 4.78 is 52.3. The first-order valence-electron chi connectivity index (χ1n) is 12.0. The topological polar surface area (TPSA) is 109 Å². The van der Waals surface area contributed by atoms with Crippen molar-refractivity contribution in [2.75, 3.05) is 30.8 Å². The van der Waals surface area contributed by atoms with Gasteiger partial charge >= 0.3 is 7.12 Å². The Morgan fingerprint density at radius 3 is 2.56 bits per heavy atom. The lowest BCUT2D eigenvalue weighted by Crippen LogP contribution is -2.39. The molecule has 1 amide bonds. The second kappa shape index (κ2) is 9.53. The van der Waals surface area contributed by atoms with Crippen molar-refractivity contribution in [3.63, 3.8) is 0 Å². The molecule has 8 nitrogen and oxygen atoms in total. The minimum Gasteiger partial charge on any atom is -0.455 e. The molecule has 36 heavy (non-hydrogen) atoms. The summed E-state index contributed by atoms with van der Waals surface area (Å²) in [5.74, 6) is -0.355. The van der Waals surface area contributed by atoms with Crippen molar-refractivity contribution in [3.05, 3.63) is 53.3 Å². The maximum absolute atomic E-state index is 13.6. The van der Waals surface area contributed by atoms with Gasteiger partial charge in [0.2, 0.25) is 10.0 Å². The predicted molar refractivity (Wildman–Crippen MR) is 136 cm³/mol. The summed E-state index contributed by atoms with van der Waals surface area (Å²) in [4.78, 5) is 12.9. The van der Waals surface area contributed by atoms with Gasteiger partial charge in [-0.05, 0) is 73.3 Å². The summed E-state index contributed by atoms with van der Waals surface area (Å²) in [6.45, 7) is 0.574. The van der Waals surface area contributed by atoms with Gasteiger partial charge in [-0.15, -0.1) is 0 Å². The highest BCUT2D eigenvalue weighted by Crippen LogP contribution is 2.48. The van der Waals surface area contributed by atoms with Crippen molar-refractivity contribution in [2.45, 2.75) is 31.5 Å². The third-order valence-electron chi connectivity index (χ3n) is 6.88. The summed E-state index contributed by atoms with van der Waals surface area (Å²) in [5.41, 5.74) is 2.60. The van der Waals surface area contributed by atoms with Crippen LogP contribution < -0.4 is 9.62 Å². The van der Waals surface area contributed by atoms with Gasteiger partial charge in [0.05, 0.1) is 17.5 Å². The van der Waals surface area contributed by atoms with Crippen LogP contribution in [-0.2, 0) is 14.7 Å². The standard InChI is InChI=1S/C25H28BFN2O6S/c1-28-25(30)23-20-11-19(16-3-4-16)21(12-22(20)35-24(23)17-5-7-18(27)8-6-17)29(36(2,32)33)14-15-9-10-34-26(31)13-15/h5-8,11-12,15-16,31H,3-4,9-10,13-14H2,1-2H3,(H,28,30). The lowest BCUT2D eigenvalue weighted by atomic mass is 9.74. The maximum Gasteiger partial charge on any atom is 0.454 e. The largest absolute Gasteiger partial charge is 0.455 e. The van der Waals surface area contributed by atoms with Gasteiger partial charge in [-0.25, -0.2) is 12.8 Å². The predicted octanol–water partition coefficient (Wildman–Crippen LogP) is 3.76. The van der Waals surface area contributed by atoms with Gasteiger partial charge in [0.25, 0.3) is 5.91 Å². The van der Waals surface area contributed by atoms with E-state index in [0.29, 0.717) is 52.9 Å². The normalized spacial score (nSPS) is 18.4. The van der Waals surface area contributed by atoms with E-state index in [0.717, 1.165) is 18.4 Å². The molecule has 0 bridgehead atoms. The fourth-order valence-electron chi connectivity index (χ4n) is 4.90. The second-order valence-corrected chi connectivity index (χ2v) is 11.5. The summed E-state index contributed by atoms with van der Waals surface area (Å²) >= 11 is 0. The first-order chi connectivity index (χ1) is 17.2. The van der Waals surface area contributed by atoms with Crippen LogP contribution in [0.2, 0.25) is 6.32 Å². The molecule has 0 radical (unpaired) electrons. The number of nitrogens with one attached hydrogen (secondary N) is 1. The van der Waals surface area contributed by atoms with Crippen molar-refractivity contribution in [3.8, 4) is 11.3 Å². The Balaban J connectivity index is 1.67. The Morgan fingerprint density at radius 1 is 1.22 bits per heavy atom. The minimum atomic E-state index is -3.66. The quantitative estimate of drug-likeness (QED) is 0.465. The molecule has 1 aromatic heterocycles. The Bertz CT molecular complexity index is 1400. The van der Waals surface area contributed by atoms with Crippen LogP contribution in [0.3, 0.4) is 0 Å². The molecule has 2 fully saturated rings. The van der Waals surface area contributed by atoms with Crippen LogP contribution in [0.1, 0.15) is 41.1 Å². The molecule has 1 aliphatic carbocycles. The van der Waals surface area contributed by atoms with E-state index in [4.69, 9.17) is 9.07 Å². The van der Waals surface area contributed by atoms with Gasteiger partial charge in [-0.1, -0.05) is 0 Å². The number of amides is 1. The number of fused-ring (bicyclic) bond motifs is 1. The van der Waals surface area contributed by atoms with Gasteiger partial charge in [0.15, 0.2) is 0 Å². The smallest absolute Gasteiger partial charge is 0.454 e. The van der Waals surface area contributed by atoms with E-state index in [1.54, 1.807) is 18.2 Å². The summed E-state index contributed by atoms with van der Waals surface area (Å²) in [5, 5.41) is 13.2. The molecule has 3 aromatic rings. The van der Waals surface area contributed by atoms with Crippen LogP contribution in [0.15, 0.2) is 40.8 Å². The average Bonchev–Trinajstić information content (AvgIpc) is 3.61. The zero-order valence-corrected chi connectivity index (χ0v) is 21.0. The van der Waals surface area contributed by atoms with E-state index in [1.807, 2.05) is 6.07 Å². The Hall–Kier alpha value is -2.89. The molecule has 1 atom stereocenters. The van der Waals surface area contributed by atoms with E-state index >= 15 is 0 Å². The molecule has 1 unspecified atom stereocenters. The number of anilines is 1. The molecule has 11 heteroatoms. The monoisotopic (exact) mass is 514 g/mol. The molecule has 1 saturated heterocycles. The van der Waals surface area contributed by atoms with Crippen LogP contribution in [0.4, 0.5) is 10.1 Å². The van der Waals surface area contributed by atoms with Crippen LogP contribution in [0.5, 0.6) is 0 Å². The zero-order valence-electron chi connectivity index (χ0n) is 20.2. The first-order valence-corrected chi connectivity index (χ1v) is 13.9. The highest BCUT2D eigenvalue weighted by molar-refractivity contribution is 7.92. The molecule has 1 aliphatic heterocycles. The zero-order chi connectivity index (χ0) is 25.6. The van der Waals surface area contributed by atoms with Gasteiger partial charge in [-0.2, -0.15) is 0 Å². The van der Waals surface area contributed by atoms with E-state index in [2.05, 4.69) is 5.32 Å². The van der Waals surface area contributed by atoms with E-state index in [9.17, 15) is 22.6 Å². The molecule has 2 heterocycles. The van der Waals surface area contributed by atoms with Gasteiger partial charge in [-0.3, -0.25) is 9.10 Å². The van der Waals surface area contributed by atoms with E-state index < -0.39 is 23.0 Å². The third-order valence-corrected chi connectivity index (χ3v) is 8.03. The van der Waals surface area contributed by atoms with Crippen molar-refractivity contribution in [1.82, 2.24) is 5.32 Å². The average molecular weight is 514 g/mol. The summed E-state index contributed by atoms with van der Waals surface area (Å²) in [7, 11) is -3.05. The number of carbonyl (C=O) groups is 1. The van der Waals surface area contributed by atoms with Crippen LogP contribution in [0, 0.1) is 11.7 Å². The number of furan rings is 1. The van der Waals surface area contributed by atoms with Crippen LogP contribution in [-0.4, -0.2) is 52.9 Å². The summed E-state index contributed by atoms with van der Waals surface area (Å²) in [6.07, 6.45) is 4.00. The Kier molecular flexibility index (Phi) is 6.56. The molecule has 0 spiro atoms. The summed E-state index contributed by atoms with van der Waals surface area (Å²) in [6, 6.07) is 9.23. The highest BCUT2D eigenvalue weighted by Gasteiger charge is 2.35. The van der Waals surface area contributed by atoms with Gasteiger partial charge in [0, 0.05) is 37.2 Å². The number of carbonyl (C=O) groups excluding carboxylic acids is 1. The number of hydrogen-bond donors (Lipinski definition) is 2. The Morgan fingerprint density at radius 2 is 1.94 bits per heavy atom. The Labute approximate surface area is 209 Å². The van der Waals surface area contributed by atoms with Crippen LogP contribution >= 0.6 is 0 Å². The molecule has 2 N–H and O–H groups in total. The molecule has 2 aliphatic rings. The van der Waals surface area contributed by atoms with Crippen molar-refractivity contribution >= 4 is 39.7 Å².